The van der Waals surface area contributed by atoms with E-state index in [1.54, 1.807) is 4.90 Å². The minimum atomic E-state index is -0.588. The van der Waals surface area contributed by atoms with Gasteiger partial charge in [0.2, 0.25) is 11.8 Å². The smallest absolute Gasteiger partial charge is 0.246 e. The summed E-state index contributed by atoms with van der Waals surface area (Å²) >= 11 is 0. The summed E-state index contributed by atoms with van der Waals surface area (Å²) in [5, 5.41) is 2.72. The molecular formula is C13H22N2O3. The van der Waals surface area contributed by atoms with Gasteiger partial charge in [-0.25, -0.2) is 0 Å². The zero-order chi connectivity index (χ0) is 13.2. The standard InChI is InChI=1S/C13H22N2O3/c1-10(2)18-8-7-15-11(16)9-14-12(17)13(15)5-3-4-6-13/h10H,3-9H2,1-2H3,(H,14,17). The van der Waals surface area contributed by atoms with Gasteiger partial charge in [-0.2, -0.15) is 0 Å². The molecule has 0 aromatic carbocycles. The van der Waals surface area contributed by atoms with E-state index in [9.17, 15) is 9.59 Å². The van der Waals surface area contributed by atoms with Crippen molar-refractivity contribution in [1.29, 1.82) is 0 Å². The van der Waals surface area contributed by atoms with Crippen LogP contribution < -0.4 is 5.32 Å². The van der Waals surface area contributed by atoms with E-state index in [1.165, 1.54) is 0 Å². The minimum Gasteiger partial charge on any atom is -0.377 e. The normalized spacial score (nSPS) is 22.9. The third-order valence-corrected chi connectivity index (χ3v) is 3.84. The molecule has 1 saturated carbocycles. The first-order valence-electron chi connectivity index (χ1n) is 6.76. The number of nitrogens with one attached hydrogen (secondary N) is 1. The van der Waals surface area contributed by atoms with Gasteiger partial charge in [-0.3, -0.25) is 9.59 Å². The lowest BCUT2D eigenvalue weighted by Crippen LogP contribution is -2.66. The van der Waals surface area contributed by atoms with Crippen LogP contribution in [0.1, 0.15) is 39.5 Å². The van der Waals surface area contributed by atoms with Crippen molar-refractivity contribution in [3.05, 3.63) is 0 Å². The van der Waals surface area contributed by atoms with Crippen molar-refractivity contribution in [2.75, 3.05) is 19.7 Å². The number of ether oxygens (including phenoxy) is 1. The fourth-order valence-corrected chi connectivity index (χ4v) is 2.95. The van der Waals surface area contributed by atoms with E-state index in [2.05, 4.69) is 5.32 Å². The van der Waals surface area contributed by atoms with Gasteiger partial charge in [0, 0.05) is 6.54 Å². The minimum absolute atomic E-state index is 0.0175. The third kappa shape index (κ3) is 2.36. The van der Waals surface area contributed by atoms with Crippen LogP contribution in [0.15, 0.2) is 0 Å². The Bertz CT molecular complexity index is 335. The number of hydrogen-bond acceptors (Lipinski definition) is 3. The van der Waals surface area contributed by atoms with Gasteiger partial charge in [0.15, 0.2) is 0 Å². The van der Waals surface area contributed by atoms with E-state index in [-0.39, 0.29) is 24.5 Å². The Labute approximate surface area is 108 Å². The first kappa shape index (κ1) is 13.3. The largest absolute Gasteiger partial charge is 0.377 e. The van der Waals surface area contributed by atoms with E-state index >= 15 is 0 Å². The lowest BCUT2D eigenvalue weighted by Gasteiger charge is -2.43. The highest BCUT2D eigenvalue weighted by atomic mass is 16.5. The average Bonchev–Trinajstić information content (AvgIpc) is 2.79. The molecule has 0 aromatic heterocycles. The Morgan fingerprint density at radius 3 is 2.61 bits per heavy atom. The summed E-state index contributed by atoms with van der Waals surface area (Å²) in [6.45, 7) is 5.08. The summed E-state index contributed by atoms with van der Waals surface area (Å²) in [4.78, 5) is 25.9. The molecule has 5 heteroatoms. The van der Waals surface area contributed by atoms with Gasteiger partial charge < -0.3 is 15.0 Å². The highest BCUT2D eigenvalue weighted by molar-refractivity contribution is 5.98. The maximum Gasteiger partial charge on any atom is 0.246 e. The van der Waals surface area contributed by atoms with Crippen molar-refractivity contribution < 1.29 is 14.3 Å². The van der Waals surface area contributed by atoms with E-state index in [1.807, 2.05) is 13.8 Å². The molecule has 0 radical (unpaired) electrons. The van der Waals surface area contributed by atoms with Gasteiger partial charge in [0.1, 0.15) is 5.54 Å². The second-order valence-corrected chi connectivity index (χ2v) is 5.39. The summed E-state index contributed by atoms with van der Waals surface area (Å²) in [6, 6.07) is 0. The van der Waals surface area contributed by atoms with Crippen molar-refractivity contribution >= 4 is 11.8 Å². The van der Waals surface area contributed by atoms with Gasteiger partial charge in [-0.05, 0) is 26.7 Å². The zero-order valence-corrected chi connectivity index (χ0v) is 11.2. The summed E-state index contributed by atoms with van der Waals surface area (Å²) < 4.78 is 5.51. The quantitative estimate of drug-likeness (QED) is 0.802. The molecule has 2 rings (SSSR count). The van der Waals surface area contributed by atoms with Crippen LogP contribution in [-0.2, 0) is 14.3 Å². The molecule has 2 fully saturated rings. The Kier molecular flexibility index (Phi) is 3.90. The van der Waals surface area contributed by atoms with E-state index < -0.39 is 5.54 Å². The lowest BCUT2D eigenvalue weighted by atomic mass is 9.91. The topological polar surface area (TPSA) is 58.6 Å². The Morgan fingerprint density at radius 2 is 2.00 bits per heavy atom. The fourth-order valence-electron chi connectivity index (χ4n) is 2.95. The molecule has 2 aliphatic rings. The van der Waals surface area contributed by atoms with Crippen LogP contribution in [0.2, 0.25) is 0 Å². The fraction of sp³-hybridized carbons (Fsp3) is 0.846. The maximum absolute atomic E-state index is 12.1. The molecule has 0 unspecified atom stereocenters. The number of rotatable bonds is 4. The summed E-state index contributed by atoms with van der Waals surface area (Å²) in [6.07, 6.45) is 3.75. The highest BCUT2D eigenvalue weighted by Gasteiger charge is 2.50. The average molecular weight is 254 g/mol. The van der Waals surface area contributed by atoms with Gasteiger partial charge in [-0.1, -0.05) is 12.8 Å². The highest BCUT2D eigenvalue weighted by Crippen LogP contribution is 2.37. The lowest BCUT2D eigenvalue weighted by molar-refractivity contribution is -0.154. The summed E-state index contributed by atoms with van der Waals surface area (Å²) in [5.41, 5.74) is -0.588. The summed E-state index contributed by atoms with van der Waals surface area (Å²) in [5.74, 6) is 0.0352. The molecule has 5 nitrogen and oxygen atoms in total. The second-order valence-electron chi connectivity index (χ2n) is 5.39. The number of carbonyl (C=O) groups is 2. The number of nitrogens with zero attached hydrogens (tertiary/aromatic N) is 1. The second kappa shape index (κ2) is 5.26. The van der Waals surface area contributed by atoms with Gasteiger partial charge in [0.05, 0.1) is 19.3 Å². The molecule has 0 aromatic rings. The molecule has 1 aliphatic carbocycles. The van der Waals surface area contributed by atoms with Gasteiger partial charge in [0.25, 0.3) is 0 Å². The molecule has 1 heterocycles. The molecule has 1 N–H and O–H groups in total. The first-order chi connectivity index (χ1) is 8.56. The molecule has 0 bridgehead atoms. The first-order valence-corrected chi connectivity index (χ1v) is 6.76. The zero-order valence-electron chi connectivity index (χ0n) is 11.2. The molecule has 102 valence electrons. The summed E-state index contributed by atoms with van der Waals surface area (Å²) in [7, 11) is 0. The van der Waals surface area contributed by atoms with Crippen LogP contribution >= 0.6 is 0 Å². The SMILES string of the molecule is CC(C)OCCN1C(=O)CNC(=O)C12CCCC2. The Balaban J connectivity index is 2.07. The van der Waals surface area contributed by atoms with Crippen molar-refractivity contribution in [1.82, 2.24) is 10.2 Å². The van der Waals surface area contributed by atoms with E-state index in [0.29, 0.717) is 13.2 Å². The number of piperazine rings is 1. The monoisotopic (exact) mass is 254 g/mol. The van der Waals surface area contributed by atoms with Crippen molar-refractivity contribution in [3.63, 3.8) is 0 Å². The van der Waals surface area contributed by atoms with Crippen molar-refractivity contribution in [3.8, 4) is 0 Å². The predicted octanol–water partition coefficient (Wildman–Crippen LogP) is 0.683. The van der Waals surface area contributed by atoms with Crippen LogP contribution in [0, 0.1) is 0 Å². The Hall–Kier alpha value is -1.10. The predicted molar refractivity (Wildman–Crippen MR) is 67.0 cm³/mol. The number of carbonyl (C=O) groups excluding carboxylic acids is 2. The number of hydrogen-bond donors (Lipinski definition) is 1. The van der Waals surface area contributed by atoms with Crippen LogP contribution in [-0.4, -0.2) is 48.1 Å². The molecule has 1 aliphatic heterocycles. The van der Waals surface area contributed by atoms with Gasteiger partial charge >= 0.3 is 0 Å². The van der Waals surface area contributed by atoms with Crippen LogP contribution in [0.4, 0.5) is 0 Å². The number of amides is 2. The van der Waals surface area contributed by atoms with E-state index in [4.69, 9.17) is 4.74 Å². The van der Waals surface area contributed by atoms with Crippen molar-refractivity contribution in [2.24, 2.45) is 0 Å². The van der Waals surface area contributed by atoms with Crippen molar-refractivity contribution in [2.45, 2.75) is 51.2 Å². The molecule has 0 atom stereocenters. The maximum atomic E-state index is 12.1. The molecule has 1 saturated heterocycles. The molecule has 1 spiro atoms. The van der Waals surface area contributed by atoms with Gasteiger partial charge in [-0.15, -0.1) is 0 Å². The third-order valence-electron chi connectivity index (χ3n) is 3.84. The Morgan fingerprint density at radius 1 is 1.33 bits per heavy atom. The molecule has 2 amide bonds. The van der Waals surface area contributed by atoms with Crippen LogP contribution in [0.3, 0.4) is 0 Å². The van der Waals surface area contributed by atoms with Crippen LogP contribution in [0.5, 0.6) is 0 Å². The molecular weight excluding hydrogens is 232 g/mol. The van der Waals surface area contributed by atoms with E-state index in [0.717, 1.165) is 25.7 Å². The van der Waals surface area contributed by atoms with Crippen LogP contribution in [0.25, 0.3) is 0 Å². The molecule has 18 heavy (non-hydrogen) atoms.